The number of sulfonamides is 1. The standard InChI is InChI=1S/C18H19N3O4S/c22-14-20-10-12-21(13-11-20)18(23)15-6-8-16(9-7-15)19-26(24,25)17-4-2-1-3-5-17/h1-9,14,19H,10-13H2. The van der Waals surface area contributed by atoms with Crippen LogP contribution in [0, 0.1) is 0 Å². The number of benzene rings is 2. The molecule has 136 valence electrons. The third-order valence-electron chi connectivity index (χ3n) is 4.19. The number of hydrogen-bond donors (Lipinski definition) is 1. The Morgan fingerprint density at radius 2 is 1.54 bits per heavy atom. The summed E-state index contributed by atoms with van der Waals surface area (Å²) in [7, 11) is -3.66. The molecule has 0 unspecified atom stereocenters. The molecule has 1 saturated heterocycles. The summed E-state index contributed by atoms with van der Waals surface area (Å²) in [6.45, 7) is 2.01. The Morgan fingerprint density at radius 1 is 0.923 bits per heavy atom. The van der Waals surface area contributed by atoms with E-state index in [-0.39, 0.29) is 10.8 Å². The van der Waals surface area contributed by atoms with Gasteiger partial charge in [0, 0.05) is 37.4 Å². The van der Waals surface area contributed by atoms with Crippen LogP contribution in [0.3, 0.4) is 0 Å². The molecule has 1 heterocycles. The highest BCUT2D eigenvalue weighted by molar-refractivity contribution is 7.92. The van der Waals surface area contributed by atoms with Gasteiger partial charge in [0.15, 0.2) is 0 Å². The molecule has 2 amide bonds. The Kier molecular flexibility index (Phi) is 5.22. The fraction of sp³-hybridized carbons (Fsp3) is 0.222. The summed E-state index contributed by atoms with van der Waals surface area (Å²) in [6, 6.07) is 14.4. The maximum atomic E-state index is 12.5. The predicted octanol–water partition coefficient (Wildman–Crippen LogP) is 1.40. The zero-order valence-electron chi connectivity index (χ0n) is 14.0. The number of hydrogen-bond acceptors (Lipinski definition) is 4. The maximum absolute atomic E-state index is 12.5. The van der Waals surface area contributed by atoms with Crippen molar-refractivity contribution < 1.29 is 18.0 Å². The van der Waals surface area contributed by atoms with Crippen LogP contribution in [0.4, 0.5) is 5.69 Å². The van der Waals surface area contributed by atoms with Crippen LogP contribution in [-0.4, -0.2) is 56.7 Å². The number of nitrogens with one attached hydrogen (secondary N) is 1. The molecule has 1 fully saturated rings. The van der Waals surface area contributed by atoms with Crippen LogP contribution in [0.5, 0.6) is 0 Å². The van der Waals surface area contributed by atoms with E-state index in [2.05, 4.69) is 4.72 Å². The minimum absolute atomic E-state index is 0.131. The summed E-state index contributed by atoms with van der Waals surface area (Å²) in [4.78, 5) is 26.7. The van der Waals surface area contributed by atoms with Gasteiger partial charge in [-0.05, 0) is 36.4 Å². The summed E-state index contributed by atoms with van der Waals surface area (Å²) in [5.41, 5.74) is 0.864. The van der Waals surface area contributed by atoms with Crippen molar-refractivity contribution in [3.05, 3.63) is 60.2 Å². The fourth-order valence-electron chi connectivity index (χ4n) is 2.71. The lowest BCUT2D eigenvalue weighted by Crippen LogP contribution is -2.48. The molecular formula is C18H19N3O4S. The van der Waals surface area contributed by atoms with Crippen molar-refractivity contribution in [3.8, 4) is 0 Å². The molecule has 8 heteroatoms. The SMILES string of the molecule is O=CN1CCN(C(=O)c2ccc(NS(=O)(=O)c3ccccc3)cc2)CC1. The molecule has 1 N–H and O–H groups in total. The van der Waals surface area contributed by atoms with Gasteiger partial charge in [-0.15, -0.1) is 0 Å². The van der Waals surface area contributed by atoms with Crippen molar-refractivity contribution in [3.63, 3.8) is 0 Å². The molecule has 0 atom stereocenters. The Labute approximate surface area is 152 Å². The van der Waals surface area contributed by atoms with Gasteiger partial charge in [-0.2, -0.15) is 0 Å². The molecule has 0 saturated carbocycles. The van der Waals surface area contributed by atoms with Gasteiger partial charge in [0.25, 0.3) is 15.9 Å². The van der Waals surface area contributed by atoms with E-state index in [0.29, 0.717) is 37.4 Å². The second-order valence-corrected chi connectivity index (χ2v) is 7.61. The monoisotopic (exact) mass is 373 g/mol. The Morgan fingerprint density at radius 3 is 2.12 bits per heavy atom. The van der Waals surface area contributed by atoms with E-state index in [4.69, 9.17) is 0 Å². The second-order valence-electron chi connectivity index (χ2n) is 5.93. The summed E-state index contributed by atoms with van der Waals surface area (Å²) in [5, 5.41) is 0. The highest BCUT2D eigenvalue weighted by Crippen LogP contribution is 2.17. The first-order chi connectivity index (χ1) is 12.5. The van der Waals surface area contributed by atoms with Crippen molar-refractivity contribution >= 4 is 28.0 Å². The van der Waals surface area contributed by atoms with Crippen molar-refractivity contribution in [1.82, 2.24) is 9.80 Å². The average molecular weight is 373 g/mol. The van der Waals surface area contributed by atoms with E-state index >= 15 is 0 Å². The first kappa shape index (κ1) is 17.9. The molecule has 0 aromatic heterocycles. The molecule has 0 radical (unpaired) electrons. The quantitative estimate of drug-likeness (QED) is 0.803. The first-order valence-corrected chi connectivity index (χ1v) is 9.64. The summed E-state index contributed by atoms with van der Waals surface area (Å²) in [6.07, 6.45) is 0.787. The molecular weight excluding hydrogens is 354 g/mol. The van der Waals surface area contributed by atoms with Crippen LogP contribution in [0.2, 0.25) is 0 Å². The topological polar surface area (TPSA) is 86.8 Å². The van der Waals surface area contributed by atoms with Gasteiger partial charge >= 0.3 is 0 Å². The summed E-state index contributed by atoms with van der Waals surface area (Å²) in [5.74, 6) is -0.131. The van der Waals surface area contributed by atoms with Gasteiger partial charge in [-0.3, -0.25) is 14.3 Å². The third-order valence-corrected chi connectivity index (χ3v) is 5.59. The van der Waals surface area contributed by atoms with E-state index in [1.807, 2.05) is 0 Å². The molecule has 3 rings (SSSR count). The van der Waals surface area contributed by atoms with Crippen LogP contribution in [0.1, 0.15) is 10.4 Å². The number of amides is 2. The Bertz CT molecular complexity index is 874. The van der Waals surface area contributed by atoms with Gasteiger partial charge in [0.2, 0.25) is 6.41 Å². The summed E-state index contributed by atoms with van der Waals surface area (Å²) < 4.78 is 27.1. The van der Waals surface area contributed by atoms with Gasteiger partial charge in [0.05, 0.1) is 4.90 Å². The predicted molar refractivity (Wildman–Crippen MR) is 97.2 cm³/mol. The lowest BCUT2D eigenvalue weighted by Gasteiger charge is -2.32. The van der Waals surface area contributed by atoms with Crippen LogP contribution >= 0.6 is 0 Å². The van der Waals surface area contributed by atoms with Crippen molar-refractivity contribution in [2.24, 2.45) is 0 Å². The highest BCUT2D eigenvalue weighted by atomic mass is 32.2. The molecule has 0 spiro atoms. The number of carbonyl (C=O) groups excluding carboxylic acids is 2. The number of anilines is 1. The van der Waals surface area contributed by atoms with Crippen molar-refractivity contribution in [2.45, 2.75) is 4.90 Å². The summed E-state index contributed by atoms with van der Waals surface area (Å²) >= 11 is 0. The van der Waals surface area contributed by atoms with Crippen molar-refractivity contribution in [1.29, 1.82) is 0 Å². The van der Waals surface area contributed by atoms with E-state index < -0.39 is 10.0 Å². The molecule has 7 nitrogen and oxygen atoms in total. The van der Waals surface area contributed by atoms with Gasteiger partial charge < -0.3 is 9.80 Å². The van der Waals surface area contributed by atoms with Gasteiger partial charge in [-0.1, -0.05) is 18.2 Å². The zero-order chi connectivity index (χ0) is 18.6. The van der Waals surface area contributed by atoms with Crippen LogP contribution < -0.4 is 4.72 Å². The number of rotatable bonds is 5. The molecule has 26 heavy (non-hydrogen) atoms. The second kappa shape index (κ2) is 7.57. The fourth-order valence-corrected chi connectivity index (χ4v) is 3.79. The molecule has 1 aliphatic heterocycles. The van der Waals surface area contributed by atoms with E-state index in [0.717, 1.165) is 6.41 Å². The lowest BCUT2D eigenvalue weighted by atomic mass is 10.1. The Hall–Kier alpha value is -2.87. The van der Waals surface area contributed by atoms with Crippen LogP contribution in [-0.2, 0) is 14.8 Å². The average Bonchev–Trinajstić information content (AvgIpc) is 2.68. The highest BCUT2D eigenvalue weighted by Gasteiger charge is 2.21. The number of piperazine rings is 1. The molecule has 1 aliphatic rings. The van der Waals surface area contributed by atoms with Gasteiger partial charge in [-0.25, -0.2) is 8.42 Å². The largest absolute Gasteiger partial charge is 0.342 e. The minimum atomic E-state index is -3.66. The van der Waals surface area contributed by atoms with Gasteiger partial charge in [0.1, 0.15) is 0 Å². The molecule has 2 aromatic carbocycles. The molecule has 0 bridgehead atoms. The normalized spacial score (nSPS) is 14.8. The van der Waals surface area contributed by atoms with E-state index in [9.17, 15) is 18.0 Å². The van der Waals surface area contributed by atoms with Crippen LogP contribution in [0.15, 0.2) is 59.5 Å². The minimum Gasteiger partial charge on any atom is -0.342 e. The number of nitrogens with zero attached hydrogens (tertiary/aromatic N) is 2. The first-order valence-electron chi connectivity index (χ1n) is 8.16. The van der Waals surface area contributed by atoms with E-state index in [1.165, 1.54) is 12.1 Å². The van der Waals surface area contributed by atoms with E-state index in [1.54, 1.807) is 52.3 Å². The third kappa shape index (κ3) is 4.02. The number of carbonyl (C=O) groups is 2. The van der Waals surface area contributed by atoms with Crippen molar-refractivity contribution in [2.75, 3.05) is 30.9 Å². The Balaban J connectivity index is 1.67. The lowest BCUT2D eigenvalue weighted by molar-refractivity contribution is -0.119. The smallest absolute Gasteiger partial charge is 0.261 e. The molecule has 2 aromatic rings. The maximum Gasteiger partial charge on any atom is 0.261 e. The molecule has 0 aliphatic carbocycles. The zero-order valence-corrected chi connectivity index (χ0v) is 14.9. The van der Waals surface area contributed by atoms with Crippen LogP contribution in [0.25, 0.3) is 0 Å².